The summed E-state index contributed by atoms with van der Waals surface area (Å²) < 4.78 is 0. The molecule has 2 heteroatoms. The molecule has 0 saturated heterocycles. The Kier molecular flexibility index (Phi) is 4.90. The Labute approximate surface area is 89.1 Å². The van der Waals surface area contributed by atoms with E-state index in [0.29, 0.717) is 0 Å². The summed E-state index contributed by atoms with van der Waals surface area (Å²) in [7, 11) is 2.29. The molecule has 1 aliphatic carbocycles. The first-order valence-electron chi connectivity index (χ1n) is 6.13. The fraction of sp³-hybridized carbons (Fsp3) is 1.00. The van der Waals surface area contributed by atoms with E-state index in [1.165, 1.54) is 25.8 Å². The second-order valence-corrected chi connectivity index (χ2v) is 4.64. The van der Waals surface area contributed by atoms with Crippen LogP contribution in [0.1, 0.15) is 40.0 Å². The third kappa shape index (κ3) is 2.71. The van der Waals surface area contributed by atoms with Gasteiger partial charge < -0.3 is 10.2 Å². The molecule has 3 unspecified atom stereocenters. The molecular formula is C12H26N2. The Hall–Kier alpha value is -0.0800. The van der Waals surface area contributed by atoms with Gasteiger partial charge in [0.05, 0.1) is 0 Å². The highest BCUT2D eigenvalue weighted by Crippen LogP contribution is 2.32. The molecule has 0 amide bonds. The molecule has 1 N–H and O–H groups in total. The van der Waals surface area contributed by atoms with Gasteiger partial charge in [-0.15, -0.1) is 0 Å². The lowest BCUT2D eigenvalue weighted by Crippen LogP contribution is -2.51. The molecule has 0 bridgehead atoms. The van der Waals surface area contributed by atoms with Crippen molar-refractivity contribution in [3.63, 3.8) is 0 Å². The maximum atomic E-state index is 3.47. The van der Waals surface area contributed by atoms with Gasteiger partial charge in [0.2, 0.25) is 0 Å². The minimum Gasteiger partial charge on any atom is -0.317 e. The highest BCUT2D eigenvalue weighted by atomic mass is 15.2. The van der Waals surface area contributed by atoms with Crippen molar-refractivity contribution in [2.45, 2.75) is 52.1 Å². The summed E-state index contributed by atoms with van der Waals surface area (Å²) in [6.45, 7) is 9.12. The zero-order chi connectivity index (χ0) is 10.6. The lowest BCUT2D eigenvalue weighted by atomic mass is 9.78. The molecular weight excluding hydrogens is 172 g/mol. The maximum absolute atomic E-state index is 3.47. The SMILES string of the molecule is CCNCC1CCC1N(C)C(C)CC. The summed E-state index contributed by atoms with van der Waals surface area (Å²) in [5.41, 5.74) is 0. The predicted octanol–water partition coefficient (Wildman–Crippen LogP) is 2.10. The fourth-order valence-electron chi connectivity index (χ4n) is 2.27. The molecule has 1 rings (SSSR count). The van der Waals surface area contributed by atoms with Crippen LogP contribution in [-0.4, -0.2) is 37.1 Å². The van der Waals surface area contributed by atoms with Crippen molar-refractivity contribution in [3.05, 3.63) is 0 Å². The Morgan fingerprint density at radius 2 is 2.07 bits per heavy atom. The van der Waals surface area contributed by atoms with Crippen molar-refractivity contribution in [2.24, 2.45) is 5.92 Å². The van der Waals surface area contributed by atoms with Gasteiger partial charge in [-0.05, 0) is 52.2 Å². The summed E-state index contributed by atoms with van der Waals surface area (Å²) >= 11 is 0. The van der Waals surface area contributed by atoms with Gasteiger partial charge in [-0.1, -0.05) is 13.8 Å². The van der Waals surface area contributed by atoms with Gasteiger partial charge in [0.25, 0.3) is 0 Å². The first-order chi connectivity index (χ1) is 6.70. The van der Waals surface area contributed by atoms with Gasteiger partial charge in [-0.25, -0.2) is 0 Å². The second-order valence-electron chi connectivity index (χ2n) is 4.64. The van der Waals surface area contributed by atoms with Crippen molar-refractivity contribution in [3.8, 4) is 0 Å². The first-order valence-corrected chi connectivity index (χ1v) is 6.13. The van der Waals surface area contributed by atoms with Crippen molar-refractivity contribution in [1.82, 2.24) is 10.2 Å². The summed E-state index contributed by atoms with van der Waals surface area (Å²) in [5, 5.41) is 3.47. The van der Waals surface area contributed by atoms with Gasteiger partial charge in [0, 0.05) is 12.1 Å². The number of rotatable bonds is 6. The Morgan fingerprint density at radius 3 is 2.50 bits per heavy atom. The van der Waals surface area contributed by atoms with Crippen LogP contribution in [0, 0.1) is 5.92 Å². The van der Waals surface area contributed by atoms with E-state index in [1.807, 2.05) is 0 Å². The molecule has 1 aliphatic rings. The average molecular weight is 198 g/mol. The number of nitrogens with one attached hydrogen (secondary N) is 1. The molecule has 0 heterocycles. The van der Waals surface area contributed by atoms with Gasteiger partial charge in [-0.2, -0.15) is 0 Å². The number of hydrogen-bond acceptors (Lipinski definition) is 2. The molecule has 3 atom stereocenters. The third-order valence-corrected chi connectivity index (χ3v) is 3.84. The van der Waals surface area contributed by atoms with E-state index in [2.05, 4.69) is 38.0 Å². The Bertz CT molecular complexity index is 158. The normalized spacial score (nSPS) is 28.9. The summed E-state index contributed by atoms with van der Waals surface area (Å²) in [6, 6.07) is 1.58. The lowest BCUT2D eigenvalue weighted by Gasteiger charge is -2.45. The van der Waals surface area contributed by atoms with E-state index in [1.54, 1.807) is 0 Å². The standard InChI is InChI=1S/C12H26N2/c1-5-10(3)14(4)12-8-7-11(12)9-13-6-2/h10-13H,5-9H2,1-4H3. The second kappa shape index (κ2) is 5.72. The molecule has 14 heavy (non-hydrogen) atoms. The van der Waals surface area contributed by atoms with Gasteiger partial charge in [0.1, 0.15) is 0 Å². The van der Waals surface area contributed by atoms with Crippen molar-refractivity contribution in [2.75, 3.05) is 20.1 Å². The minimum atomic E-state index is 0.740. The number of hydrogen-bond donors (Lipinski definition) is 1. The van der Waals surface area contributed by atoms with Gasteiger partial charge in [-0.3, -0.25) is 0 Å². The van der Waals surface area contributed by atoms with Crippen LogP contribution in [0.25, 0.3) is 0 Å². The van der Waals surface area contributed by atoms with Crippen molar-refractivity contribution < 1.29 is 0 Å². The average Bonchev–Trinajstić information content (AvgIpc) is 2.15. The van der Waals surface area contributed by atoms with Gasteiger partial charge >= 0.3 is 0 Å². The molecule has 0 aromatic carbocycles. The van der Waals surface area contributed by atoms with Crippen LogP contribution in [0.4, 0.5) is 0 Å². The molecule has 0 radical (unpaired) electrons. The smallest absolute Gasteiger partial charge is 0.0135 e. The predicted molar refractivity (Wildman–Crippen MR) is 62.6 cm³/mol. The molecule has 0 aromatic rings. The zero-order valence-electron chi connectivity index (χ0n) is 10.2. The largest absolute Gasteiger partial charge is 0.317 e. The van der Waals surface area contributed by atoms with E-state index in [9.17, 15) is 0 Å². The summed E-state index contributed by atoms with van der Waals surface area (Å²) in [4.78, 5) is 2.57. The first kappa shape index (κ1) is 12.0. The van der Waals surface area contributed by atoms with Crippen molar-refractivity contribution >= 4 is 0 Å². The van der Waals surface area contributed by atoms with Crippen LogP contribution in [0.2, 0.25) is 0 Å². The molecule has 0 aromatic heterocycles. The molecule has 1 fully saturated rings. The topological polar surface area (TPSA) is 15.3 Å². The minimum absolute atomic E-state index is 0.740. The highest BCUT2D eigenvalue weighted by molar-refractivity contribution is 4.90. The number of nitrogens with zero attached hydrogens (tertiary/aromatic N) is 1. The van der Waals surface area contributed by atoms with Crippen LogP contribution in [-0.2, 0) is 0 Å². The van der Waals surface area contributed by atoms with Crippen LogP contribution >= 0.6 is 0 Å². The van der Waals surface area contributed by atoms with E-state index in [0.717, 1.165) is 24.5 Å². The Morgan fingerprint density at radius 1 is 1.36 bits per heavy atom. The highest BCUT2D eigenvalue weighted by Gasteiger charge is 2.34. The molecule has 1 saturated carbocycles. The van der Waals surface area contributed by atoms with E-state index < -0.39 is 0 Å². The molecule has 0 spiro atoms. The third-order valence-electron chi connectivity index (χ3n) is 3.84. The quantitative estimate of drug-likeness (QED) is 0.703. The maximum Gasteiger partial charge on any atom is 0.0135 e. The lowest BCUT2D eigenvalue weighted by molar-refractivity contribution is 0.0543. The summed E-state index contributed by atoms with van der Waals surface area (Å²) in [5.74, 6) is 0.897. The van der Waals surface area contributed by atoms with E-state index in [-0.39, 0.29) is 0 Å². The van der Waals surface area contributed by atoms with Crippen LogP contribution in [0.5, 0.6) is 0 Å². The van der Waals surface area contributed by atoms with Crippen molar-refractivity contribution in [1.29, 1.82) is 0 Å². The van der Waals surface area contributed by atoms with Crippen LogP contribution in [0.3, 0.4) is 0 Å². The molecule has 84 valence electrons. The monoisotopic (exact) mass is 198 g/mol. The zero-order valence-corrected chi connectivity index (χ0v) is 10.2. The van der Waals surface area contributed by atoms with E-state index in [4.69, 9.17) is 0 Å². The molecule has 0 aliphatic heterocycles. The van der Waals surface area contributed by atoms with Crippen LogP contribution < -0.4 is 5.32 Å². The summed E-state index contributed by atoms with van der Waals surface area (Å²) in [6.07, 6.45) is 4.08. The van der Waals surface area contributed by atoms with E-state index >= 15 is 0 Å². The molecule has 2 nitrogen and oxygen atoms in total. The van der Waals surface area contributed by atoms with Gasteiger partial charge in [0.15, 0.2) is 0 Å². The Balaban J connectivity index is 2.30. The fourth-order valence-corrected chi connectivity index (χ4v) is 2.27. The van der Waals surface area contributed by atoms with Crippen LogP contribution in [0.15, 0.2) is 0 Å².